The number of amides is 2. The molecule has 5 heteroatoms. The lowest BCUT2D eigenvalue weighted by atomic mass is 10.2. The topological polar surface area (TPSA) is 62.3 Å². The predicted molar refractivity (Wildman–Crippen MR) is 107 cm³/mol. The van der Waals surface area contributed by atoms with Crippen LogP contribution >= 0.6 is 0 Å². The van der Waals surface area contributed by atoms with Gasteiger partial charge in [-0.3, -0.25) is 9.59 Å². The van der Waals surface area contributed by atoms with Crippen LogP contribution in [0.1, 0.15) is 18.5 Å². The summed E-state index contributed by atoms with van der Waals surface area (Å²) in [5.41, 5.74) is 3.09. The van der Waals surface area contributed by atoms with Crippen molar-refractivity contribution >= 4 is 40.2 Å². The molecule has 1 aliphatic heterocycles. The molecule has 1 aromatic heterocycles. The first-order valence-corrected chi connectivity index (χ1v) is 8.94. The van der Waals surface area contributed by atoms with Crippen LogP contribution in [0.4, 0.5) is 11.4 Å². The van der Waals surface area contributed by atoms with Crippen molar-refractivity contribution in [3.05, 3.63) is 72.4 Å². The van der Waals surface area contributed by atoms with Crippen molar-refractivity contribution in [2.45, 2.75) is 12.8 Å². The molecule has 1 aliphatic rings. The zero-order valence-electron chi connectivity index (χ0n) is 14.8. The van der Waals surface area contributed by atoms with Gasteiger partial charge >= 0.3 is 0 Å². The van der Waals surface area contributed by atoms with Crippen molar-refractivity contribution in [3.63, 3.8) is 0 Å². The summed E-state index contributed by atoms with van der Waals surface area (Å²) in [5, 5.41) is 3.90. The van der Waals surface area contributed by atoms with Crippen molar-refractivity contribution in [3.8, 4) is 0 Å². The second-order valence-electron chi connectivity index (χ2n) is 6.45. The van der Waals surface area contributed by atoms with Gasteiger partial charge in [0, 0.05) is 35.8 Å². The summed E-state index contributed by atoms with van der Waals surface area (Å²) in [7, 11) is 0. The summed E-state index contributed by atoms with van der Waals surface area (Å²) in [6.07, 6.45) is 4.61. The van der Waals surface area contributed by atoms with E-state index in [2.05, 4.69) is 10.3 Å². The Bertz CT molecular complexity index is 1040. The maximum Gasteiger partial charge on any atom is 0.248 e. The molecule has 0 radical (unpaired) electrons. The Balaban J connectivity index is 1.45. The molecule has 0 spiro atoms. The maximum absolute atomic E-state index is 12.2. The number of fused-ring (bicyclic) bond motifs is 1. The van der Waals surface area contributed by atoms with Gasteiger partial charge in [0.05, 0.1) is 11.2 Å². The van der Waals surface area contributed by atoms with Crippen LogP contribution in [0.2, 0.25) is 0 Å². The first-order valence-electron chi connectivity index (χ1n) is 8.94. The highest BCUT2D eigenvalue weighted by Crippen LogP contribution is 2.24. The molecule has 1 fully saturated rings. The van der Waals surface area contributed by atoms with E-state index in [0.717, 1.165) is 35.2 Å². The van der Waals surface area contributed by atoms with Crippen molar-refractivity contribution in [1.29, 1.82) is 0 Å². The molecular formula is C22H19N3O2. The van der Waals surface area contributed by atoms with Gasteiger partial charge in [0.15, 0.2) is 0 Å². The molecule has 0 saturated carbocycles. The molecular weight excluding hydrogens is 338 g/mol. The molecule has 4 rings (SSSR count). The highest BCUT2D eigenvalue weighted by molar-refractivity contribution is 6.02. The van der Waals surface area contributed by atoms with Gasteiger partial charge in [-0.25, -0.2) is 4.98 Å². The molecule has 1 saturated heterocycles. The lowest BCUT2D eigenvalue weighted by molar-refractivity contribution is -0.117. The van der Waals surface area contributed by atoms with Gasteiger partial charge in [0.2, 0.25) is 11.8 Å². The second-order valence-corrected chi connectivity index (χ2v) is 6.45. The number of nitrogens with one attached hydrogen (secondary N) is 1. The average molecular weight is 357 g/mol. The molecule has 2 amide bonds. The number of benzene rings is 2. The molecule has 0 aliphatic carbocycles. The molecule has 134 valence electrons. The zero-order chi connectivity index (χ0) is 18.6. The van der Waals surface area contributed by atoms with Crippen LogP contribution in [0.15, 0.2) is 66.7 Å². The van der Waals surface area contributed by atoms with E-state index in [4.69, 9.17) is 0 Å². The maximum atomic E-state index is 12.2. The summed E-state index contributed by atoms with van der Waals surface area (Å²) in [6.45, 7) is 0.726. The van der Waals surface area contributed by atoms with Crippen LogP contribution in [0.5, 0.6) is 0 Å². The van der Waals surface area contributed by atoms with Gasteiger partial charge < -0.3 is 10.2 Å². The molecule has 2 heterocycles. The van der Waals surface area contributed by atoms with E-state index in [1.165, 1.54) is 6.08 Å². The second kappa shape index (κ2) is 7.41. The van der Waals surface area contributed by atoms with Crippen LogP contribution in [-0.2, 0) is 9.59 Å². The summed E-state index contributed by atoms with van der Waals surface area (Å²) >= 11 is 0. The van der Waals surface area contributed by atoms with Gasteiger partial charge in [0.1, 0.15) is 0 Å². The zero-order valence-corrected chi connectivity index (χ0v) is 14.8. The number of anilines is 2. The van der Waals surface area contributed by atoms with Crippen LogP contribution in [-0.4, -0.2) is 23.3 Å². The largest absolute Gasteiger partial charge is 0.322 e. The number of hydrogen-bond acceptors (Lipinski definition) is 3. The lowest BCUT2D eigenvalue weighted by Gasteiger charge is -2.16. The smallest absolute Gasteiger partial charge is 0.248 e. The van der Waals surface area contributed by atoms with E-state index < -0.39 is 0 Å². The fourth-order valence-electron chi connectivity index (χ4n) is 3.19. The van der Waals surface area contributed by atoms with Crippen molar-refractivity contribution in [2.75, 3.05) is 16.8 Å². The highest BCUT2D eigenvalue weighted by atomic mass is 16.2. The molecule has 3 aromatic rings. The van der Waals surface area contributed by atoms with E-state index in [9.17, 15) is 9.59 Å². The summed E-state index contributed by atoms with van der Waals surface area (Å²) < 4.78 is 0. The number of hydrogen-bond donors (Lipinski definition) is 1. The average Bonchev–Trinajstić information content (AvgIpc) is 3.12. The van der Waals surface area contributed by atoms with Crippen LogP contribution in [0.3, 0.4) is 0 Å². The van der Waals surface area contributed by atoms with E-state index in [1.807, 2.05) is 60.7 Å². The Morgan fingerprint density at radius 2 is 1.96 bits per heavy atom. The Kier molecular flexibility index (Phi) is 4.66. The molecule has 0 unspecified atom stereocenters. The number of carbonyl (C=O) groups is 2. The van der Waals surface area contributed by atoms with Crippen LogP contribution < -0.4 is 10.2 Å². The van der Waals surface area contributed by atoms with Gasteiger partial charge in [-0.05, 0) is 42.8 Å². The molecule has 0 atom stereocenters. The molecule has 1 N–H and O–H groups in total. The number of carbonyl (C=O) groups excluding carboxylic acids is 2. The Morgan fingerprint density at radius 3 is 2.81 bits per heavy atom. The van der Waals surface area contributed by atoms with Crippen molar-refractivity contribution < 1.29 is 9.59 Å². The minimum atomic E-state index is -0.241. The van der Waals surface area contributed by atoms with Crippen LogP contribution in [0, 0.1) is 0 Å². The summed E-state index contributed by atoms with van der Waals surface area (Å²) in [4.78, 5) is 30.4. The first-order chi connectivity index (χ1) is 13.2. The Labute approximate surface area is 157 Å². The normalized spacial score (nSPS) is 14.2. The monoisotopic (exact) mass is 357 g/mol. The number of nitrogens with zero attached hydrogens (tertiary/aromatic N) is 2. The minimum Gasteiger partial charge on any atom is -0.322 e. The van der Waals surface area contributed by atoms with E-state index in [0.29, 0.717) is 12.1 Å². The van der Waals surface area contributed by atoms with E-state index in [1.54, 1.807) is 11.0 Å². The lowest BCUT2D eigenvalue weighted by Crippen LogP contribution is -2.23. The van der Waals surface area contributed by atoms with Gasteiger partial charge in [-0.1, -0.05) is 30.3 Å². The number of aromatic nitrogens is 1. The van der Waals surface area contributed by atoms with Crippen LogP contribution in [0.25, 0.3) is 17.0 Å². The summed E-state index contributed by atoms with van der Waals surface area (Å²) in [6, 6.07) is 19.1. The fraction of sp³-hybridized carbons (Fsp3) is 0.136. The van der Waals surface area contributed by atoms with E-state index in [-0.39, 0.29) is 11.8 Å². The predicted octanol–water partition coefficient (Wildman–Crippen LogP) is 4.01. The van der Waals surface area contributed by atoms with Gasteiger partial charge in [-0.2, -0.15) is 0 Å². The number of rotatable bonds is 4. The van der Waals surface area contributed by atoms with Crippen molar-refractivity contribution in [1.82, 2.24) is 4.98 Å². The standard InChI is InChI=1S/C22H19N3O2/c26-21(13-12-17-11-10-16-5-1-2-8-20(16)23-17)24-18-6-3-7-19(15-18)25-14-4-9-22(25)27/h1-3,5-8,10-13,15H,4,9,14H2,(H,24,26)/b13-12+. The molecule has 5 nitrogen and oxygen atoms in total. The van der Waals surface area contributed by atoms with Crippen molar-refractivity contribution in [2.24, 2.45) is 0 Å². The summed E-state index contributed by atoms with van der Waals surface area (Å²) in [5.74, 6) is -0.115. The highest BCUT2D eigenvalue weighted by Gasteiger charge is 2.21. The third-order valence-corrected chi connectivity index (χ3v) is 4.52. The molecule has 0 bridgehead atoms. The molecule has 2 aromatic carbocycles. The minimum absolute atomic E-state index is 0.126. The number of pyridine rings is 1. The number of para-hydroxylation sites is 1. The fourth-order valence-corrected chi connectivity index (χ4v) is 3.19. The quantitative estimate of drug-likeness (QED) is 0.718. The van der Waals surface area contributed by atoms with Gasteiger partial charge in [-0.15, -0.1) is 0 Å². The van der Waals surface area contributed by atoms with Gasteiger partial charge in [0.25, 0.3) is 0 Å². The Hall–Kier alpha value is -3.47. The third kappa shape index (κ3) is 3.87. The third-order valence-electron chi connectivity index (χ3n) is 4.52. The first kappa shape index (κ1) is 17.0. The SMILES string of the molecule is O=C(/C=C/c1ccc2ccccc2n1)Nc1cccc(N2CCCC2=O)c1. The molecule has 27 heavy (non-hydrogen) atoms. The van der Waals surface area contributed by atoms with E-state index >= 15 is 0 Å². The Morgan fingerprint density at radius 1 is 1.07 bits per heavy atom.